The van der Waals surface area contributed by atoms with Crippen LogP contribution in [0.5, 0.6) is 0 Å². The van der Waals surface area contributed by atoms with E-state index in [9.17, 15) is 0 Å². The van der Waals surface area contributed by atoms with Gasteiger partial charge in [0, 0.05) is 12.4 Å². The lowest BCUT2D eigenvalue weighted by molar-refractivity contribution is 0.730. The molecule has 5 heteroatoms. The molecule has 0 unspecified atom stereocenters. The van der Waals surface area contributed by atoms with Crippen LogP contribution in [0.25, 0.3) is 27.8 Å². The summed E-state index contributed by atoms with van der Waals surface area (Å²) in [4.78, 5) is 16.7. The van der Waals surface area contributed by atoms with E-state index in [1.165, 1.54) is 22.3 Å². The van der Waals surface area contributed by atoms with Gasteiger partial charge >= 0.3 is 0 Å². The third kappa shape index (κ3) is 3.64. The number of para-hydroxylation sites is 2. The van der Waals surface area contributed by atoms with Crippen molar-refractivity contribution in [1.29, 1.82) is 0 Å². The number of aromatic nitrogens is 4. The van der Waals surface area contributed by atoms with Gasteiger partial charge in [0.1, 0.15) is 16.9 Å². The zero-order chi connectivity index (χ0) is 29.8. The van der Waals surface area contributed by atoms with Crippen molar-refractivity contribution in [2.75, 3.05) is 4.90 Å². The van der Waals surface area contributed by atoms with Crippen LogP contribution in [-0.4, -0.2) is 19.5 Å². The maximum absolute atomic E-state index is 5.13. The minimum atomic E-state index is -0.505. The summed E-state index contributed by atoms with van der Waals surface area (Å²) < 4.78 is 2.19. The third-order valence-electron chi connectivity index (χ3n) is 9.01. The maximum atomic E-state index is 5.13. The molecule has 0 aliphatic carbocycles. The minimum Gasteiger partial charge on any atom is -0.304 e. The van der Waals surface area contributed by atoms with E-state index in [-0.39, 0.29) is 0 Å². The van der Waals surface area contributed by atoms with Crippen LogP contribution in [0.15, 0.2) is 164 Å². The lowest BCUT2D eigenvalue weighted by Crippen LogP contribution is -2.37. The molecule has 8 aromatic rings. The van der Waals surface area contributed by atoms with Crippen LogP contribution in [-0.2, 0) is 5.41 Å². The first-order valence-corrected chi connectivity index (χ1v) is 15.1. The van der Waals surface area contributed by atoms with Crippen LogP contribution >= 0.6 is 0 Å². The van der Waals surface area contributed by atoms with Crippen molar-refractivity contribution in [2.45, 2.75) is 5.41 Å². The van der Waals surface area contributed by atoms with Gasteiger partial charge < -0.3 is 4.57 Å². The van der Waals surface area contributed by atoms with E-state index in [0.717, 1.165) is 44.9 Å². The fourth-order valence-corrected chi connectivity index (χ4v) is 7.23. The van der Waals surface area contributed by atoms with E-state index < -0.39 is 5.41 Å². The topological polar surface area (TPSA) is 46.8 Å². The molecular formula is C40H27N5. The van der Waals surface area contributed by atoms with Gasteiger partial charge in [-0.2, -0.15) is 0 Å². The number of hydrogen-bond acceptors (Lipinski definition) is 4. The highest BCUT2D eigenvalue weighted by molar-refractivity contribution is 6.04. The molecule has 0 fully saturated rings. The summed E-state index contributed by atoms with van der Waals surface area (Å²) in [6, 6.07) is 51.6. The van der Waals surface area contributed by atoms with Gasteiger partial charge in [-0.3, -0.25) is 14.9 Å². The van der Waals surface area contributed by atoms with Gasteiger partial charge in [-0.25, -0.2) is 4.98 Å². The number of nitrogens with zero attached hydrogens (tertiary/aromatic N) is 5. The molecule has 0 saturated carbocycles. The van der Waals surface area contributed by atoms with Crippen molar-refractivity contribution in [2.24, 2.45) is 0 Å². The van der Waals surface area contributed by atoms with Crippen LogP contribution in [0.2, 0.25) is 0 Å². The molecule has 0 amide bonds. The summed E-state index contributed by atoms with van der Waals surface area (Å²) in [6.07, 6.45) is 5.59. The fourth-order valence-electron chi connectivity index (χ4n) is 7.23. The molecule has 212 valence electrons. The lowest BCUT2D eigenvalue weighted by Gasteiger charge is -2.46. The molecule has 0 bridgehead atoms. The molecule has 4 aromatic carbocycles. The minimum absolute atomic E-state index is 0.505. The molecular weight excluding hydrogens is 550 g/mol. The fraction of sp³-hybridized carbons (Fsp3) is 0.0250. The van der Waals surface area contributed by atoms with E-state index >= 15 is 0 Å². The second-order valence-electron chi connectivity index (χ2n) is 11.3. The quantitative estimate of drug-likeness (QED) is 0.209. The first kappa shape index (κ1) is 25.4. The predicted molar refractivity (Wildman–Crippen MR) is 181 cm³/mol. The van der Waals surface area contributed by atoms with Crippen molar-refractivity contribution < 1.29 is 0 Å². The lowest BCUT2D eigenvalue weighted by atomic mass is 9.62. The summed E-state index contributed by atoms with van der Waals surface area (Å²) in [5.41, 5.74) is 11.3. The van der Waals surface area contributed by atoms with Crippen LogP contribution in [0.1, 0.15) is 22.3 Å². The molecule has 45 heavy (non-hydrogen) atoms. The molecule has 5 nitrogen and oxygen atoms in total. The average Bonchev–Trinajstić information content (AvgIpc) is 3.46. The molecule has 0 N–H and O–H groups in total. The Hall–Kier alpha value is -6.07. The summed E-state index contributed by atoms with van der Waals surface area (Å²) in [5.74, 6) is 0.852. The van der Waals surface area contributed by atoms with E-state index in [4.69, 9.17) is 4.98 Å². The Bertz CT molecular complexity index is 2180. The molecule has 0 saturated heterocycles. The Kier molecular flexibility index (Phi) is 5.65. The monoisotopic (exact) mass is 577 g/mol. The average molecular weight is 578 g/mol. The van der Waals surface area contributed by atoms with Crippen LogP contribution in [0.3, 0.4) is 0 Å². The summed E-state index contributed by atoms with van der Waals surface area (Å²) >= 11 is 0. The number of anilines is 3. The van der Waals surface area contributed by atoms with Crippen molar-refractivity contribution in [3.05, 3.63) is 186 Å². The van der Waals surface area contributed by atoms with Gasteiger partial charge in [0.05, 0.1) is 39.7 Å². The first-order chi connectivity index (χ1) is 22.4. The highest BCUT2D eigenvalue weighted by Gasteiger charge is 2.46. The normalized spacial score (nSPS) is 13.5. The molecule has 0 atom stereocenters. The zero-order valence-electron chi connectivity index (χ0n) is 24.3. The Morgan fingerprint density at radius 3 is 1.47 bits per heavy atom. The molecule has 1 aliphatic heterocycles. The molecule has 0 radical (unpaired) electrons. The van der Waals surface area contributed by atoms with Crippen molar-refractivity contribution in [1.82, 2.24) is 19.5 Å². The van der Waals surface area contributed by atoms with Crippen LogP contribution in [0.4, 0.5) is 17.2 Å². The molecule has 4 aromatic heterocycles. The smallest absolute Gasteiger partial charge is 0.137 e. The number of fused-ring (bicyclic) bond motifs is 5. The standard InChI is InChI=1S/C40H27N5/c1-3-13-28(14-4-1)40(29-15-5-2-6-16-29)31-17-7-9-19-33(31)45(34-20-10-8-18-32(34)40)37-24-23-30(27-43-37)44-35-21-11-25-41-38(35)39-36(44)22-12-26-42-39/h1-27H. The van der Waals surface area contributed by atoms with Crippen molar-refractivity contribution in [3.63, 3.8) is 0 Å². The number of hydrogen-bond donors (Lipinski definition) is 0. The number of benzene rings is 4. The van der Waals surface area contributed by atoms with Gasteiger partial charge in [-0.15, -0.1) is 0 Å². The predicted octanol–water partition coefficient (Wildman–Crippen LogP) is 9.13. The van der Waals surface area contributed by atoms with Crippen LogP contribution in [0, 0.1) is 0 Å². The van der Waals surface area contributed by atoms with Gasteiger partial charge in [-0.05, 0) is 70.8 Å². The molecule has 9 rings (SSSR count). The SMILES string of the molecule is c1ccc(C2(c3ccccc3)c3ccccc3N(c3ccc(-n4c5cccnc5c5ncccc54)cn3)c3ccccc32)cc1. The largest absolute Gasteiger partial charge is 0.304 e. The van der Waals surface area contributed by atoms with Crippen molar-refractivity contribution in [3.8, 4) is 5.69 Å². The summed E-state index contributed by atoms with van der Waals surface area (Å²) in [7, 11) is 0. The Morgan fingerprint density at radius 2 is 0.956 bits per heavy atom. The molecule has 0 spiro atoms. The Labute approximate surface area is 260 Å². The van der Waals surface area contributed by atoms with E-state index in [1.807, 2.05) is 30.7 Å². The highest BCUT2D eigenvalue weighted by Crippen LogP contribution is 2.57. The highest BCUT2D eigenvalue weighted by atomic mass is 15.2. The maximum Gasteiger partial charge on any atom is 0.137 e. The first-order valence-electron chi connectivity index (χ1n) is 15.1. The van der Waals surface area contributed by atoms with Gasteiger partial charge in [-0.1, -0.05) is 97.1 Å². The van der Waals surface area contributed by atoms with Crippen LogP contribution < -0.4 is 4.90 Å². The zero-order valence-corrected chi connectivity index (χ0v) is 24.3. The van der Waals surface area contributed by atoms with Gasteiger partial charge in [0.25, 0.3) is 0 Å². The summed E-state index contributed by atoms with van der Waals surface area (Å²) in [6.45, 7) is 0. The van der Waals surface area contributed by atoms with Crippen molar-refractivity contribution >= 4 is 39.3 Å². The summed E-state index contributed by atoms with van der Waals surface area (Å²) in [5, 5.41) is 0. The third-order valence-corrected chi connectivity index (χ3v) is 9.01. The Balaban J connectivity index is 1.27. The second-order valence-corrected chi connectivity index (χ2v) is 11.3. The van der Waals surface area contributed by atoms with Gasteiger partial charge in [0.15, 0.2) is 0 Å². The van der Waals surface area contributed by atoms with E-state index in [2.05, 4.69) is 153 Å². The molecule has 5 heterocycles. The van der Waals surface area contributed by atoms with E-state index in [0.29, 0.717) is 0 Å². The Morgan fingerprint density at radius 1 is 0.444 bits per heavy atom. The number of pyridine rings is 3. The van der Waals surface area contributed by atoms with Gasteiger partial charge in [0.2, 0.25) is 0 Å². The number of rotatable bonds is 4. The van der Waals surface area contributed by atoms with E-state index in [1.54, 1.807) is 0 Å². The molecule has 1 aliphatic rings. The second kappa shape index (κ2) is 10.00.